The van der Waals surface area contributed by atoms with E-state index in [9.17, 15) is 24.0 Å². The molecule has 1 saturated heterocycles. The maximum absolute atomic E-state index is 13.3. The number of H-pyrrole nitrogens is 1. The summed E-state index contributed by atoms with van der Waals surface area (Å²) in [5, 5.41) is 12.1. The molecule has 18 heteroatoms. The second kappa shape index (κ2) is 16.4. The van der Waals surface area contributed by atoms with E-state index in [1.165, 1.54) is 23.9 Å². The lowest BCUT2D eigenvalue weighted by Crippen LogP contribution is -2.35. The predicted molar refractivity (Wildman–Crippen MR) is 229 cm³/mol. The van der Waals surface area contributed by atoms with Crippen LogP contribution in [0.2, 0.25) is 0 Å². The van der Waals surface area contributed by atoms with Crippen LogP contribution in [0.5, 0.6) is 11.5 Å². The Balaban J connectivity index is 0.822. The van der Waals surface area contributed by atoms with Crippen molar-refractivity contribution in [2.24, 2.45) is 26.1 Å². The maximum atomic E-state index is 13.3. The molecule has 2 aliphatic rings. The second-order valence-corrected chi connectivity index (χ2v) is 14.9. The minimum absolute atomic E-state index is 0.0263. The molecule has 1 fully saturated rings. The Morgan fingerprint density at radius 2 is 1.54 bits per heavy atom. The Hall–Kier alpha value is -7.89. The van der Waals surface area contributed by atoms with Crippen molar-refractivity contribution >= 4 is 75.2 Å². The third kappa shape index (κ3) is 8.36. The standard InChI is InChI=1S/C43H43N11O7/c1-24-13-29-19-45-32-18-36(35(60-5)17-30(32)43(59)54(29)20-24)61-12-6-7-38(55)49-37-23-53(4)39(50-37)42(58)48-28-16-34(52(3)22-28)41(57)47-27-15-33(51(2)21-27)40(56)46-26-8-9-31-25(14-26)10-11-44-31/h8-11,14-19,21-23,29,44H,1,6-7,12-13,20H2,2-5H3,(H,46,56)(H,47,57)(H,48,58)(H,49,55)/t29-/m0/s1. The van der Waals surface area contributed by atoms with Crippen LogP contribution in [0.4, 0.5) is 28.6 Å². The average Bonchev–Trinajstić information content (AvgIpc) is 4.06. The molecule has 5 N–H and O–H groups in total. The Morgan fingerprint density at radius 1 is 0.836 bits per heavy atom. The van der Waals surface area contributed by atoms with Crippen molar-refractivity contribution < 1.29 is 33.4 Å². The zero-order valence-corrected chi connectivity index (χ0v) is 33.9. The molecule has 0 saturated carbocycles. The van der Waals surface area contributed by atoms with Crippen LogP contribution in [-0.2, 0) is 25.9 Å². The fourth-order valence-corrected chi connectivity index (χ4v) is 7.39. The number of anilines is 4. The summed E-state index contributed by atoms with van der Waals surface area (Å²) in [5.74, 6) is -0.847. The van der Waals surface area contributed by atoms with Gasteiger partial charge in [-0.15, -0.1) is 0 Å². The van der Waals surface area contributed by atoms with Gasteiger partial charge in [-0.1, -0.05) is 12.2 Å². The molecule has 6 heterocycles. The molecule has 0 aliphatic carbocycles. The molecule has 5 amide bonds. The summed E-state index contributed by atoms with van der Waals surface area (Å²) in [5.41, 5.74) is 4.81. The Bertz CT molecular complexity index is 2790. The molecule has 0 radical (unpaired) electrons. The summed E-state index contributed by atoms with van der Waals surface area (Å²) in [6, 6.07) is 13.7. The highest BCUT2D eigenvalue weighted by Gasteiger charge is 2.34. The second-order valence-electron chi connectivity index (χ2n) is 14.9. The summed E-state index contributed by atoms with van der Waals surface area (Å²) >= 11 is 0. The SMILES string of the molecule is C=C1C[C@H]2C=Nc3cc(OCCCC(=O)Nc4cn(C)c(C(=O)Nc5cc(C(=O)Nc6cc(C(=O)Nc7ccc8[nH]ccc8c7)n(C)c6)n(C)c5)n4)c(OC)cc3C(=O)N2C1. The highest BCUT2D eigenvalue weighted by atomic mass is 16.5. The summed E-state index contributed by atoms with van der Waals surface area (Å²) in [7, 11) is 6.48. The van der Waals surface area contributed by atoms with E-state index in [2.05, 4.69) is 42.8 Å². The lowest BCUT2D eigenvalue weighted by molar-refractivity contribution is -0.116. The topological polar surface area (TPSA) is 211 Å². The molecule has 61 heavy (non-hydrogen) atoms. The first-order valence-electron chi connectivity index (χ1n) is 19.4. The fourth-order valence-electron chi connectivity index (χ4n) is 7.39. The average molecular weight is 826 g/mol. The number of fused-ring (bicyclic) bond motifs is 3. The van der Waals surface area contributed by atoms with Crippen molar-refractivity contribution in [2.45, 2.75) is 25.3 Å². The van der Waals surface area contributed by atoms with E-state index in [1.54, 1.807) is 78.1 Å². The normalized spacial score (nSPS) is 14.4. The highest BCUT2D eigenvalue weighted by Crippen LogP contribution is 2.38. The van der Waals surface area contributed by atoms with Gasteiger partial charge in [0.25, 0.3) is 23.6 Å². The van der Waals surface area contributed by atoms with Crippen LogP contribution in [0.1, 0.15) is 61.2 Å². The van der Waals surface area contributed by atoms with Gasteiger partial charge in [0.1, 0.15) is 11.4 Å². The molecule has 6 aromatic rings. The summed E-state index contributed by atoms with van der Waals surface area (Å²) in [6.07, 6.45) is 9.44. The van der Waals surface area contributed by atoms with Crippen LogP contribution in [0.3, 0.4) is 0 Å². The number of amides is 5. The van der Waals surface area contributed by atoms with Crippen LogP contribution in [0.25, 0.3) is 10.9 Å². The van der Waals surface area contributed by atoms with Crippen molar-refractivity contribution in [1.29, 1.82) is 0 Å². The number of rotatable bonds is 13. The minimum atomic E-state index is -0.560. The minimum Gasteiger partial charge on any atom is -0.493 e. The zero-order valence-electron chi connectivity index (χ0n) is 33.9. The van der Waals surface area contributed by atoms with E-state index in [-0.39, 0.29) is 54.1 Å². The molecule has 0 bridgehead atoms. The van der Waals surface area contributed by atoms with Crippen molar-refractivity contribution in [3.63, 3.8) is 0 Å². The van der Waals surface area contributed by atoms with Gasteiger partial charge in [0.05, 0.1) is 42.4 Å². The van der Waals surface area contributed by atoms with Gasteiger partial charge in [-0.25, -0.2) is 4.98 Å². The van der Waals surface area contributed by atoms with Gasteiger partial charge in [0.2, 0.25) is 11.7 Å². The van der Waals surface area contributed by atoms with Crippen molar-refractivity contribution in [3.8, 4) is 11.5 Å². The number of imidazole rings is 1. The number of aromatic amines is 1. The molecule has 2 aromatic carbocycles. The zero-order chi connectivity index (χ0) is 42.9. The Labute approximate surface area is 349 Å². The number of hydrogen-bond donors (Lipinski definition) is 5. The molecule has 4 aromatic heterocycles. The molecule has 18 nitrogen and oxygen atoms in total. The Kier molecular flexibility index (Phi) is 10.7. The van der Waals surface area contributed by atoms with E-state index in [1.807, 2.05) is 24.4 Å². The lowest BCUT2D eigenvalue weighted by atomic mass is 10.1. The highest BCUT2D eigenvalue weighted by molar-refractivity contribution is 6.09. The molecular formula is C43H43N11O7. The van der Waals surface area contributed by atoms with Gasteiger partial charge in [-0.2, -0.15) is 0 Å². The number of ether oxygens (including phenoxy) is 2. The largest absolute Gasteiger partial charge is 0.493 e. The first-order chi connectivity index (χ1) is 29.3. The number of methoxy groups -OCH3 is 1. The van der Waals surface area contributed by atoms with Crippen molar-refractivity contribution in [3.05, 3.63) is 108 Å². The molecule has 312 valence electrons. The quantitative estimate of drug-likeness (QED) is 0.0726. The van der Waals surface area contributed by atoms with Gasteiger partial charge < -0.3 is 54.3 Å². The molecule has 0 spiro atoms. The molecule has 2 aliphatic heterocycles. The molecule has 8 rings (SSSR count). The van der Waals surface area contributed by atoms with Gasteiger partial charge in [-0.3, -0.25) is 29.0 Å². The number of carbonyl (C=O) groups is 5. The smallest absolute Gasteiger partial charge is 0.291 e. The van der Waals surface area contributed by atoms with Crippen LogP contribution >= 0.6 is 0 Å². The van der Waals surface area contributed by atoms with Crippen LogP contribution in [0.15, 0.2) is 90.5 Å². The van der Waals surface area contributed by atoms with Crippen LogP contribution < -0.4 is 30.7 Å². The number of benzene rings is 2. The van der Waals surface area contributed by atoms with Crippen molar-refractivity contribution in [2.75, 3.05) is 41.5 Å². The van der Waals surface area contributed by atoms with Crippen molar-refractivity contribution in [1.82, 2.24) is 28.6 Å². The monoisotopic (exact) mass is 825 g/mol. The first-order valence-corrected chi connectivity index (χ1v) is 19.4. The number of nitrogens with zero attached hydrogens (tertiary/aromatic N) is 6. The van der Waals surface area contributed by atoms with E-state index < -0.39 is 11.8 Å². The maximum Gasteiger partial charge on any atom is 0.291 e. The van der Waals surface area contributed by atoms with E-state index in [0.717, 1.165) is 16.5 Å². The number of aliphatic imine (C=N–C) groups is 1. The molecular weight excluding hydrogens is 783 g/mol. The first kappa shape index (κ1) is 39.9. The van der Waals surface area contributed by atoms with Gasteiger partial charge >= 0.3 is 0 Å². The van der Waals surface area contributed by atoms with E-state index >= 15 is 0 Å². The summed E-state index contributed by atoms with van der Waals surface area (Å²) in [6.45, 7) is 4.68. The number of aryl methyl sites for hydroxylation is 3. The number of hydrogen-bond acceptors (Lipinski definition) is 9. The summed E-state index contributed by atoms with van der Waals surface area (Å²) < 4.78 is 16.1. The van der Waals surface area contributed by atoms with E-state index in [0.29, 0.717) is 64.9 Å². The molecule has 0 unspecified atom stereocenters. The molecule has 1 atom stereocenters. The third-order valence-electron chi connectivity index (χ3n) is 10.4. The Morgan fingerprint density at radius 3 is 2.26 bits per heavy atom. The third-order valence-corrected chi connectivity index (χ3v) is 10.4. The predicted octanol–water partition coefficient (Wildman–Crippen LogP) is 5.63. The van der Waals surface area contributed by atoms with Crippen LogP contribution in [0, 0.1) is 0 Å². The van der Waals surface area contributed by atoms with Gasteiger partial charge in [0, 0.05) is 87.8 Å². The van der Waals surface area contributed by atoms with Gasteiger partial charge in [0.15, 0.2) is 17.3 Å². The number of nitrogens with one attached hydrogen (secondary N) is 5. The summed E-state index contributed by atoms with van der Waals surface area (Å²) in [4.78, 5) is 79.5. The number of aromatic nitrogens is 5. The fraction of sp³-hybridized carbons (Fsp3) is 0.233. The van der Waals surface area contributed by atoms with E-state index in [4.69, 9.17) is 9.47 Å². The van der Waals surface area contributed by atoms with Gasteiger partial charge in [-0.05, 0) is 55.3 Å². The lowest BCUT2D eigenvalue weighted by Gasteiger charge is -2.20. The van der Waals surface area contributed by atoms with Crippen LogP contribution in [-0.4, -0.2) is 90.6 Å². The number of carbonyl (C=O) groups excluding carboxylic acids is 5.